The van der Waals surface area contributed by atoms with Crippen molar-refractivity contribution >= 4 is 11.4 Å². The molecule has 1 aromatic carbocycles. The number of hydrogen-bond donors (Lipinski definition) is 1. The van der Waals surface area contributed by atoms with E-state index in [2.05, 4.69) is 6.58 Å². The average molecular weight is 197 g/mol. The monoisotopic (exact) mass is 197 g/mol. The maximum atomic E-state index is 13.0. The molecule has 0 saturated carbocycles. The topological polar surface area (TPSA) is 63.4 Å². The molecule has 0 bridgehead atoms. The van der Waals surface area contributed by atoms with Crippen LogP contribution in [-0.2, 0) is 0 Å². The number of hydrogen-bond acceptors (Lipinski definition) is 3. The van der Waals surface area contributed by atoms with E-state index in [0.717, 1.165) is 12.1 Å². The zero-order valence-electron chi connectivity index (χ0n) is 7.45. The summed E-state index contributed by atoms with van der Waals surface area (Å²) in [6, 6.07) is 1.96. The standard InChI is InChI=1S/C9H8FNO3/c1-5-3-8(10)9(11(13)14)4-7(5)6(2)12/h3-4,12H,2H2,1H3. The molecule has 0 saturated heterocycles. The molecule has 4 nitrogen and oxygen atoms in total. The van der Waals surface area contributed by atoms with E-state index in [0.29, 0.717) is 5.56 Å². The quantitative estimate of drug-likeness (QED) is 0.450. The lowest BCUT2D eigenvalue weighted by atomic mass is 10.1. The molecule has 0 aliphatic heterocycles. The fourth-order valence-electron chi connectivity index (χ4n) is 1.11. The summed E-state index contributed by atoms with van der Waals surface area (Å²) in [6.07, 6.45) is 0. The molecule has 1 aromatic rings. The number of aliphatic hydroxyl groups is 1. The van der Waals surface area contributed by atoms with Crippen molar-refractivity contribution in [3.8, 4) is 0 Å². The first-order valence-corrected chi connectivity index (χ1v) is 3.76. The lowest BCUT2D eigenvalue weighted by molar-refractivity contribution is -0.387. The molecule has 0 atom stereocenters. The van der Waals surface area contributed by atoms with Gasteiger partial charge in [0.15, 0.2) is 0 Å². The number of nitrogens with zero attached hydrogens (tertiary/aromatic N) is 1. The maximum Gasteiger partial charge on any atom is 0.305 e. The summed E-state index contributed by atoms with van der Waals surface area (Å²) in [5.41, 5.74) is -0.0838. The van der Waals surface area contributed by atoms with Crippen molar-refractivity contribution in [3.63, 3.8) is 0 Å². The van der Waals surface area contributed by atoms with Crippen molar-refractivity contribution in [2.45, 2.75) is 6.92 Å². The summed E-state index contributed by atoms with van der Waals surface area (Å²) < 4.78 is 13.0. The molecular weight excluding hydrogens is 189 g/mol. The number of aliphatic hydroxyl groups excluding tert-OH is 1. The van der Waals surface area contributed by atoms with Gasteiger partial charge in [0.2, 0.25) is 5.82 Å². The Morgan fingerprint density at radius 3 is 2.64 bits per heavy atom. The molecule has 0 aliphatic rings. The molecule has 1 N–H and O–H groups in total. The van der Waals surface area contributed by atoms with Gasteiger partial charge in [-0.1, -0.05) is 6.58 Å². The normalized spacial score (nSPS) is 9.86. The Morgan fingerprint density at radius 2 is 2.21 bits per heavy atom. The van der Waals surface area contributed by atoms with Gasteiger partial charge in [-0.2, -0.15) is 4.39 Å². The van der Waals surface area contributed by atoms with Crippen molar-refractivity contribution in [3.05, 3.63) is 45.8 Å². The predicted octanol–water partition coefficient (Wildman–Crippen LogP) is 2.57. The van der Waals surface area contributed by atoms with Gasteiger partial charge in [-0.3, -0.25) is 10.1 Å². The average Bonchev–Trinajstić information content (AvgIpc) is 2.02. The van der Waals surface area contributed by atoms with Gasteiger partial charge in [0.05, 0.1) is 4.92 Å². The van der Waals surface area contributed by atoms with Crippen LogP contribution in [0.4, 0.5) is 10.1 Å². The van der Waals surface area contributed by atoms with Crippen LogP contribution in [0.2, 0.25) is 0 Å². The maximum absolute atomic E-state index is 13.0. The van der Waals surface area contributed by atoms with Gasteiger partial charge >= 0.3 is 5.69 Å². The van der Waals surface area contributed by atoms with E-state index in [1.165, 1.54) is 6.92 Å². The van der Waals surface area contributed by atoms with Crippen LogP contribution in [0.15, 0.2) is 18.7 Å². The Kier molecular flexibility index (Phi) is 2.51. The Labute approximate surface area is 79.4 Å². The number of rotatable bonds is 2. The van der Waals surface area contributed by atoms with Crippen molar-refractivity contribution < 1.29 is 14.4 Å². The van der Waals surface area contributed by atoms with Crippen LogP contribution < -0.4 is 0 Å². The lowest BCUT2D eigenvalue weighted by Crippen LogP contribution is -1.96. The van der Waals surface area contributed by atoms with E-state index < -0.39 is 16.4 Å². The summed E-state index contributed by atoms with van der Waals surface area (Å²) in [7, 11) is 0. The Hall–Kier alpha value is -1.91. The fourth-order valence-corrected chi connectivity index (χ4v) is 1.11. The minimum Gasteiger partial charge on any atom is -0.508 e. The highest BCUT2D eigenvalue weighted by Gasteiger charge is 2.17. The van der Waals surface area contributed by atoms with E-state index in [1.807, 2.05) is 0 Å². The van der Waals surface area contributed by atoms with Crippen LogP contribution in [0.3, 0.4) is 0 Å². The van der Waals surface area contributed by atoms with E-state index in [4.69, 9.17) is 5.11 Å². The number of aryl methyl sites for hydroxylation is 1. The van der Waals surface area contributed by atoms with Crippen LogP contribution in [0, 0.1) is 22.9 Å². The minimum absolute atomic E-state index is 0.179. The minimum atomic E-state index is -0.919. The summed E-state index contributed by atoms with van der Waals surface area (Å²) in [5, 5.41) is 19.4. The number of nitro groups is 1. The second-order valence-electron chi connectivity index (χ2n) is 2.82. The molecule has 5 heteroatoms. The predicted molar refractivity (Wildman–Crippen MR) is 49.5 cm³/mol. The van der Waals surface area contributed by atoms with Crippen molar-refractivity contribution in [2.24, 2.45) is 0 Å². The van der Waals surface area contributed by atoms with Gasteiger partial charge in [0.25, 0.3) is 0 Å². The highest BCUT2D eigenvalue weighted by atomic mass is 19.1. The first-order chi connectivity index (χ1) is 6.43. The molecule has 74 valence electrons. The van der Waals surface area contributed by atoms with Crippen LogP contribution in [0.1, 0.15) is 11.1 Å². The molecule has 0 aliphatic carbocycles. The van der Waals surface area contributed by atoms with Crippen molar-refractivity contribution in [1.29, 1.82) is 0 Å². The Morgan fingerprint density at radius 1 is 1.64 bits per heavy atom. The molecule has 0 heterocycles. The third kappa shape index (κ3) is 1.71. The van der Waals surface area contributed by atoms with Crippen LogP contribution in [-0.4, -0.2) is 10.0 Å². The zero-order valence-corrected chi connectivity index (χ0v) is 7.45. The molecule has 0 radical (unpaired) electrons. The smallest absolute Gasteiger partial charge is 0.305 e. The summed E-state index contributed by atoms with van der Waals surface area (Å²) in [6.45, 7) is 4.76. The highest BCUT2D eigenvalue weighted by molar-refractivity contribution is 5.62. The van der Waals surface area contributed by atoms with Gasteiger partial charge in [-0.25, -0.2) is 0 Å². The lowest BCUT2D eigenvalue weighted by Gasteiger charge is -2.03. The largest absolute Gasteiger partial charge is 0.508 e. The fraction of sp³-hybridized carbons (Fsp3) is 0.111. The summed E-state index contributed by atoms with van der Waals surface area (Å²) >= 11 is 0. The first kappa shape index (κ1) is 10.2. The Balaban J connectivity index is 3.42. The zero-order chi connectivity index (χ0) is 10.9. The second-order valence-corrected chi connectivity index (χ2v) is 2.82. The van der Waals surface area contributed by atoms with E-state index >= 15 is 0 Å². The van der Waals surface area contributed by atoms with Crippen molar-refractivity contribution in [1.82, 2.24) is 0 Å². The molecule has 0 aromatic heterocycles. The Bertz CT molecular complexity index is 380. The third-order valence-corrected chi connectivity index (χ3v) is 1.80. The van der Waals surface area contributed by atoms with Gasteiger partial charge in [-0.05, 0) is 18.6 Å². The third-order valence-electron chi connectivity index (χ3n) is 1.80. The SMILES string of the molecule is C=C(O)c1cc([N+](=O)[O-])c(F)cc1C. The molecule has 1 rings (SSSR count). The van der Waals surface area contributed by atoms with Gasteiger partial charge in [0, 0.05) is 11.6 Å². The summed E-state index contributed by atoms with van der Waals surface area (Å²) in [4.78, 5) is 9.52. The molecule has 14 heavy (non-hydrogen) atoms. The van der Waals surface area contributed by atoms with Crippen molar-refractivity contribution in [2.75, 3.05) is 0 Å². The summed E-state index contributed by atoms with van der Waals surface area (Å²) in [5.74, 6) is -1.23. The van der Waals surface area contributed by atoms with Crippen LogP contribution in [0.5, 0.6) is 0 Å². The molecular formula is C9H8FNO3. The van der Waals surface area contributed by atoms with Gasteiger partial charge in [-0.15, -0.1) is 0 Å². The van der Waals surface area contributed by atoms with E-state index in [1.54, 1.807) is 0 Å². The van der Waals surface area contributed by atoms with Gasteiger partial charge in [0.1, 0.15) is 5.76 Å². The van der Waals surface area contributed by atoms with E-state index in [-0.39, 0.29) is 11.3 Å². The number of benzene rings is 1. The second kappa shape index (κ2) is 3.45. The van der Waals surface area contributed by atoms with Crippen LogP contribution >= 0.6 is 0 Å². The highest BCUT2D eigenvalue weighted by Crippen LogP contribution is 2.24. The number of nitro benzene ring substituents is 1. The molecule has 0 amide bonds. The van der Waals surface area contributed by atoms with E-state index in [9.17, 15) is 14.5 Å². The molecule has 0 unspecified atom stereocenters. The molecule has 0 spiro atoms. The van der Waals surface area contributed by atoms with Crippen LogP contribution in [0.25, 0.3) is 5.76 Å². The van der Waals surface area contributed by atoms with Gasteiger partial charge < -0.3 is 5.11 Å². The first-order valence-electron chi connectivity index (χ1n) is 3.76. The number of halogens is 1. The molecule has 0 fully saturated rings.